The maximum absolute atomic E-state index is 12.5. The van der Waals surface area contributed by atoms with Gasteiger partial charge in [0.1, 0.15) is 11.5 Å². The monoisotopic (exact) mass is 387 g/mol. The van der Waals surface area contributed by atoms with Gasteiger partial charge in [0.05, 0.1) is 4.90 Å². The van der Waals surface area contributed by atoms with Crippen LogP contribution in [0.1, 0.15) is 48.9 Å². The molecule has 1 heterocycles. The highest BCUT2D eigenvalue weighted by Crippen LogP contribution is 2.49. The number of hydrogen-bond acceptors (Lipinski definition) is 4. The molecule has 4 unspecified atom stereocenters. The van der Waals surface area contributed by atoms with Crippen molar-refractivity contribution in [1.29, 1.82) is 0 Å². The van der Waals surface area contributed by atoms with Crippen molar-refractivity contribution < 1.29 is 17.6 Å². The van der Waals surface area contributed by atoms with Crippen LogP contribution in [0, 0.1) is 17.8 Å². The minimum absolute atomic E-state index is 0.106. The molecule has 27 heavy (non-hydrogen) atoms. The van der Waals surface area contributed by atoms with E-state index in [9.17, 15) is 13.2 Å². The smallest absolute Gasteiger partial charge is 0.287 e. The average Bonchev–Trinajstić information content (AvgIpc) is 3.39. The van der Waals surface area contributed by atoms with E-state index in [-0.39, 0.29) is 34.1 Å². The molecule has 2 aromatic rings. The molecule has 0 spiro atoms. The molecular weight excluding hydrogens is 362 g/mol. The molecule has 1 aromatic heterocycles. The molecule has 2 aliphatic rings. The first-order valence-electron chi connectivity index (χ1n) is 9.60. The van der Waals surface area contributed by atoms with Crippen molar-refractivity contribution in [1.82, 2.24) is 5.32 Å². The highest BCUT2D eigenvalue weighted by atomic mass is 32.2. The maximum atomic E-state index is 12.5. The van der Waals surface area contributed by atoms with E-state index >= 15 is 0 Å². The molecule has 4 rings (SSSR count). The summed E-state index contributed by atoms with van der Waals surface area (Å²) in [6.45, 7) is 2.06. The van der Waals surface area contributed by atoms with Gasteiger partial charge in [0, 0.05) is 6.04 Å². The normalized spacial score (nSPS) is 25.4. The van der Waals surface area contributed by atoms with Crippen LogP contribution in [0.2, 0.25) is 0 Å². The molecule has 4 atom stereocenters. The van der Waals surface area contributed by atoms with Crippen LogP contribution in [0.3, 0.4) is 0 Å². The zero-order chi connectivity index (χ0) is 19.0. The molecule has 2 saturated carbocycles. The Morgan fingerprint density at radius 3 is 2.59 bits per heavy atom. The molecule has 1 aromatic carbocycles. The Kier molecular flexibility index (Phi) is 4.84. The van der Waals surface area contributed by atoms with Crippen LogP contribution in [-0.2, 0) is 15.6 Å². The largest absolute Gasteiger partial charge is 0.455 e. The van der Waals surface area contributed by atoms with Crippen LogP contribution >= 0.6 is 0 Å². The number of nitrogens with one attached hydrogen (secondary N) is 1. The van der Waals surface area contributed by atoms with Crippen molar-refractivity contribution in [2.75, 3.05) is 0 Å². The quantitative estimate of drug-likeness (QED) is 0.818. The van der Waals surface area contributed by atoms with Gasteiger partial charge in [-0.1, -0.05) is 24.6 Å². The summed E-state index contributed by atoms with van der Waals surface area (Å²) in [5, 5.41) is 3.05. The number of carbonyl (C=O) groups excluding carboxylic acids is 1. The van der Waals surface area contributed by atoms with E-state index in [1.165, 1.54) is 25.7 Å². The van der Waals surface area contributed by atoms with E-state index in [1.807, 2.05) is 0 Å². The molecule has 144 valence electrons. The lowest BCUT2D eigenvalue weighted by Crippen LogP contribution is -2.40. The second-order valence-electron chi connectivity index (χ2n) is 7.94. The summed E-state index contributed by atoms with van der Waals surface area (Å²) in [5.41, 5.74) is 0. The van der Waals surface area contributed by atoms with Gasteiger partial charge in [0.15, 0.2) is 15.6 Å². The minimum Gasteiger partial charge on any atom is -0.455 e. The third-order valence-corrected chi connectivity index (χ3v) is 7.77. The Labute approximate surface area is 160 Å². The van der Waals surface area contributed by atoms with Crippen molar-refractivity contribution in [2.45, 2.75) is 49.3 Å². The zero-order valence-electron chi connectivity index (χ0n) is 15.4. The molecule has 1 amide bonds. The number of amides is 1. The number of carbonyl (C=O) groups is 1. The number of rotatable bonds is 6. The summed E-state index contributed by atoms with van der Waals surface area (Å²) in [6.07, 6.45) is 5.11. The first-order valence-corrected chi connectivity index (χ1v) is 11.2. The van der Waals surface area contributed by atoms with E-state index in [2.05, 4.69) is 12.2 Å². The fraction of sp³-hybridized carbons (Fsp3) is 0.476. The molecule has 0 aliphatic heterocycles. The number of fused-ring (bicyclic) bond motifs is 2. The molecule has 2 aliphatic carbocycles. The van der Waals surface area contributed by atoms with E-state index in [1.54, 1.807) is 42.5 Å². The van der Waals surface area contributed by atoms with Crippen LogP contribution in [0.15, 0.2) is 51.8 Å². The lowest BCUT2D eigenvalue weighted by molar-refractivity contribution is 0.0885. The molecule has 0 radical (unpaired) electrons. The predicted octanol–water partition coefficient (Wildman–Crippen LogP) is 3.81. The fourth-order valence-electron chi connectivity index (χ4n) is 4.77. The number of hydrogen-bond donors (Lipinski definition) is 1. The minimum atomic E-state index is -3.49. The Morgan fingerprint density at radius 1 is 1.15 bits per heavy atom. The van der Waals surface area contributed by atoms with Crippen molar-refractivity contribution in [3.63, 3.8) is 0 Å². The number of benzene rings is 1. The van der Waals surface area contributed by atoms with Crippen LogP contribution in [0.25, 0.3) is 0 Å². The zero-order valence-corrected chi connectivity index (χ0v) is 16.2. The van der Waals surface area contributed by atoms with Crippen LogP contribution in [0.4, 0.5) is 0 Å². The van der Waals surface area contributed by atoms with E-state index in [0.29, 0.717) is 5.92 Å². The van der Waals surface area contributed by atoms with Gasteiger partial charge in [0.2, 0.25) is 0 Å². The first kappa shape index (κ1) is 18.3. The second kappa shape index (κ2) is 7.15. The number of furan rings is 1. The molecule has 2 bridgehead atoms. The van der Waals surface area contributed by atoms with E-state index in [4.69, 9.17) is 4.42 Å². The lowest BCUT2D eigenvalue weighted by Gasteiger charge is -2.28. The molecule has 2 fully saturated rings. The highest BCUT2D eigenvalue weighted by molar-refractivity contribution is 7.90. The summed E-state index contributed by atoms with van der Waals surface area (Å²) < 4.78 is 30.4. The summed E-state index contributed by atoms with van der Waals surface area (Å²) >= 11 is 0. The van der Waals surface area contributed by atoms with Crippen molar-refractivity contribution in [3.8, 4) is 0 Å². The Bertz CT molecular complexity index is 919. The molecule has 1 N–H and O–H groups in total. The predicted molar refractivity (Wildman–Crippen MR) is 102 cm³/mol. The summed E-state index contributed by atoms with van der Waals surface area (Å²) in [5.74, 6) is 2.02. The highest BCUT2D eigenvalue weighted by Gasteiger charge is 2.42. The SMILES string of the molecule is CC(NC(=O)c1ccc(CS(=O)(=O)c2ccccc2)o1)C1CC2CCC1C2. The van der Waals surface area contributed by atoms with Gasteiger partial charge in [-0.3, -0.25) is 4.79 Å². The first-order chi connectivity index (χ1) is 12.9. The van der Waals surface area contributed by atoms with Gasteiger partial charge in [-0.15, -0.1) is 0 Å². The van der Waals surface area contributed by atoms with E-state index < -0.39 is 9.84 Å². The van der Waals surface area contributed by atoms with Gasteiger partial charge in [-0.25, -0.2) is 8.42 Å². The second-order valence-corrected chi connectivity index (χ2v) is 9.93. The van der Waals surface area contributed by atoms with Gasteiger partial charge in [-0.05, 0) is 68.2 Å². The van der Waals surface area contributed by atoms with Crippen molar-refractivity contribution >= 4 is 15.7 Å². The average molecular weight is 388 g/mol. The summed E-state index contributed by atoms with van der Waals surface area (Å²) in [6, 6.07) is 11.5. The summed E-state index contributed by atoms with van der Waals surface area (Å²) in [4.78, 5) is 12.8. The molecule has 5 nitrogen and oxygen atoms in total. The van der Waals surface area contributed by atoms with Crippen LogP contribution in [0.5, 0.6) is 0 Å². The molecule has 0 saturated heterocycles. The molecular formula is C21H25NO4S. The lowest BCUT2D eigenvalue weighted by atomic mass is 9.84. The third-order valence-electron chi connectivity index (χ3n) is 6.11. The van der Waals surface area contributed by atoms with Gasteiger partial charge in [-0.2, -0.15) is 0 Å². The van der Waals surface area contributed by atoms with Crippen LogP contribution < -0.4 is 5.32 Å². The van der Waals surface area contributed by atoms with Crippen LogP contribution in [-0.4, -0.2) is 20.4 Å². The Morgan fingerprint density at radius 2 is 1.93 bits per heavy atom. The maximum Gasteiger partial charge on any atom is 0.287 e. The summed E-state index contributed by atoms with van der Waals surface area (Å²) in [7, 11) is -3.49. The van der Waals surface area contributed by atoms with E-state index in [0.717, 1.165) is 11.8 Å². The standard InChI is InChI=1S/C21H25NO4S/c1-14(19-12-15-7-8-16(19)11-15)22-21(23)20-10-9-17(26-20)13-27(24,25)18-5-3-2-4-6-18/h2-6,9-10,14-16,19H,7-8,11-13H2,1H3,(H,22,23). The van der Waals surface area contributed by atoms with Crippen molar-refractivity contribution in [3.05, 3.63) is 54.0 Å². The van der Waals surface area contributed by atoms with Gasteiger partial charge >= 0.3 is 0 Å². The van der Waals surface area contributed by atoms with Gasteiger partial charge in [0.25, 0.3) is 5.91 Å². The molecule has 6 heteroatoms. The van der Waals surface area contributed by atoms with Crippen molar-refractivity contribution in [2.24, 2.45) is 17.8 Å². The Hall–Kier alpha value is -2.08. The van der Waals surface area contributed by atoms with Gasteiger partial charge < -0.3 is 9.73 Å². The number of sulfone groups is 1. The fourth-order valence-corrected chi connectivity index (χ4v) is 6.04. The topological polar surface area (TPSA) is 76.4 Å². The third kappa shape index (κ3) is 3.81. The Balaban J connectivity index is 1.39.